The standard InChI is InChI=1S/C11H13FO5S2/c1-5-8(4-18)6(2)10(17-19(12,15)16)7(3)9(5)11(13)14/h18H,4H2,1-3H3,(H,13,14). The molecule has 1 aromatic rings. The zero-order valence-electron chi connectivity index (χ0n) is 10.5. The largest absolute Gasteiger partial charge is 0.488 e. The number of carboxylic acid groups (broad SMARTS) is 1. The molecule has 8 heteroatoms. The second-order valence-electron chi connectivity index (χ2n) is 4.00. The van der Waals surface area contributed by atoms with Crippen LogP contribution >= 0.6 is 12.6 Å². The molecular weight excluding hydrogens is 295 g/mol. The molecule has 0 saturated carbocycles. The van der Waals surface area contributed by atoms with Crippen LogP contribution in [0.2, 0.25) is 0 Å². The molecule has 0 heterocycles. The highest BCUT2D eigenvalue weighted by molar-refractivity contribution is 7.81. The zero-order chi connectivity index (χ0) is 15.0. The molecule has 0 radical (unpaired) electrons. The van der Waals surface area contributed by atoms with Crippen LogP contribution < -0.4 is 4.18 Å². The summed E-state index contributed by atoms with van der Waals surface area (Å²) in [6.45, 7) is 4.48. The van der Waals surface area contributed by atoms with Gasteiger partial charge in [-0.3, -0.25) is 0 Å². The minimum atomic E-state index is -5.22. The van der Waals surface area contributed by atoms with Gasteiger partial charge in [0.1, 0.15) is 0 Å². The summed E-state index contributed by atoms with van der Waals surface area (Å²) in [5.74, 6) is -1.35. The Balaban J connectivity index is 3.73. The average Bonchev–Trinajstić information content (AvgIpc) is 2.23. The summed E-state index contributed by atoms with van der Waals surface area (Å²) in [6.07, 6.45) is 0. The number of rotatable bonds is 4. The first kappa shape index (κ1) is 15.8. The number of carbonyl (C=O) groups is 1. The minimum Gasteiger partial charge on any atom is -0.478 e. The molecule has 0 unspecified atom stereocenters. The highest BCUT2D eigenvalue weighted by Crippen LogP contribution is 2.34. The van der Waals surface area contributed by atoms with Crippen molar-refractivity contribution in [2.75, 3.05) is 0 Å². The lowest BCUT2D eigenvalue weighted by Gasteiger charge is -2.17. The Morgan fingerprint density at radius 1 is 1.26 bits per heavy atom. The SMILES string of the molecule is Cc1c(CS)c(C)c(C(=O)O)c(C)c1OS(=O)(=O)F. The normalized spacial score (nSPS) is 11.4. The van der Waals surface area contributed by atoms with Crippen LogP contribution in [-0.2, 0) is 16.3 Å². The van der Waals surface area contributed by atoms with Gasteiger partial charge >= 0.3 is 16.5 Å². The monoisotopic (exact) mass is 308 g/mol. The van der Waals surface area contributed by atoms with Crippen LogP contribution in [-0.4, -0.2) is 19.5 Å². The van der Waals surface area contributed by atoms with Crippen LogP contribution in [0, 0.1) is 20.8 Å². The van der Waals surface area contributed by atoms with Crippen LogP contribution in [0.5, 0.6) is 5.75 Å². The van der Waals surface area contributed by atoms with Crippen molar-refractivity contribution in [2.45, 2.75) is 26.5 Å². The first-order valence-electron chi connectivity index (χ1n) is 5.21. The van der Waals surface area contributed by atoms with Crippen molar-refractivity contribution < 1.29 is 26.4 Å². The van der Waals surface area contributed by atoms with Crippen LogP contribution in [0.3, 0.4) is 0 Å². The van der Waals surface area contributed by atoms with E-state index in [4.69, 9.17) is 5.11 Å². The lowest BCUT2D eigenvalue weighted by molar-refractivity contribution is 0.0694. The Morgan fingerprint density at radius 3 is 2.16 bits per heavy atom. The van der Waals surface area contributed by atoms with Crippen molar-refractivity contribution in [3.8, 4) is 5.75 Å². The van der Waals surface area contributed by atoms with Gasteiger partial charge in [-0.1, -0.05) is 3.89 Å². The van der Waals surface area contributed by atoms with Gasteiger partial charge in [0.05, 0.1) is 5.56 Å². The van der Waals surface area contributed by atoms with Gasteiger partial charge in [-0.15, -0.1) is 0 Å². The third-order valence-corrected chi connectivity index (χ3v) is 3.57. The van der Waals surface area contributed by atoms with Gasteiger partial charge in [0.15, 0.2) is 5.75 Å². The third kappa shape index (κ3) is 3.19. The number of benzene rings is 1. The Bertz CT molecular complexity index is 637. The molecule has 0 aromatic heterocycles. The van der Waals surface area contributed by atoms with Crippen molar-refractivity contribution in [1.29, 1.82) is 0 Å². The molecule has 0 saturated heterocycles. The van der Waals surface area contributed by atoms with E-state index in [1.807, 2.05) is 0 Å². The molecule has 0 aliphatic heterocycles. The molecule has 0 aliphatic rings. The molecule has 5 nitrogen and oxygen atoms in total. The Hall–Kier alpha value is -1.28. The van der Waals surface area contributed by atoms with Crippen molar-refractivity contribution in [3.63, 3.8) is 0 Å². The summed E-state index contributed by atoms with van der Waals surface area (Å²) in [7, 11) is -5.22. The van der Waals surface area contributed by atoms with E-state index in [-0.39, 0.29) is 22.6 Å². The smallest absolute Gasteiger partial charge is 0.478 e. The second-order valence-corrected chi connectivity index (χ2v) is 5.27. The van der Waals surface area contributed by atoms with Crippen LogP contribution in [0.15, 0.2) is 0 Å². The van der Waals surface area contributed by atoms with Gasteiger partial charge in [0.2, 0.25) is 0 Å². The zero-order valence-corrected chi connectivity index (χ0v) is 12.2. The first-order valence-corrected chi connectivity index (χ1v) is 7.15. The predicted molar refractivity (Wildman–Crippen MR) is 71.0 cm³/mol. The van der Waals surface area contributed by atoms with Crippen LogP contribution in [0.1, 0.15) is 32.6 Å². The lowest BCUT2D eigenvalue weighted by Crippen LogP contribution is -2.12. The lowest BCUT2D eigenvalue weighted by atomic mass is 9.93. The fourth-order valence-electron chi connectivity index (χ4n) is 2.03. The molecule has 19 heavy (non-hydrogen) atoms. The quantitative estimate of drug-likeness (QED) is 0.659. The van der Waals surface area contributed by atoms with Gasteiger partial charge in [-0.25, -0.2) is 4.79 Å². The van der Waals surface area contributed by atoms with Crippen molar-refractivity contribution in [3.05, 3.63) is 27.8 Å². The van der Waals surface area contributed by atoms with Gasteiger partial charge in [0.25, 0.3) is 0 Å². The summed E-state index contributed by atoms with van der Waals surface area (Å²) in [6, 6.07) is 0. The van der Waals surface area contributed by atoms with Crippen LogP contribution in [0.25, 0.3) is 0 Å². The summed E-state index contributed by atoms with van der Waals surface area (Å²) in [4.78, 5) is 11.2. The maximum atomic E-state index is 12.7. The maximum Gasteiger partial charge on any atom is 0.488 e. The third-order valence-electron chi connectivity index (χ3n) is 2.89. The molecule has 0 amide bonds. The predicted octanol–water partition coefficient (Wildman–Crippen LogP) is 2.33. The topological polar surface area (TPSA) is 80.7 Å². The van der Waals surface area contributed by atoms with E-state index in [1.54, 1.807) is 6.92 Å². The fourth-order valence-corrected chi connectivity index (χ4v) is 2.95. The van der Waals surface area contributed by atoms with E-state index in [1.165, 1.54) is 13.8 Å². The summed E-state index contributed by atoms with van der Waals surface area (Å²) < 4.78 is 38.2. The summed E-state index contributed by atoms with van der Waals surface area (Å²) in [5.41, 5.74) is 1.28. The van der Waals surface area contributed by atoms with Crippen LogP contribution in [0.4, 0.5) is 3.89 Å². The number of hydrogen-bond acceptors (Lipinski definition) is 5. The molecule has 1 rings (SSSR count). The molecule has 0 aliphatic carbocycles. The minimum absolute atomic E-state index is 0.0641. The molecule has 0 fully saturated rings. The molecule has 0 atom stereocenters. The van der Waals surface area contributed by atoms with Crippen molar-refractivity contribution >= 4 is 29.1 Å². The van der Waals surface area contributed by atoms with Gasteiger partial charge in [-0.2, -0.15) is 21.0 Å². The highest BCUT2D eigenvalue weighted by Gasteiger charge is 2.24. The fraction of sp³-hybridized carbons (Fsp3) is 0.364. The Kier molecular flexibility index (Phi) is 4.46. The van der Waals surface area contributed by atoms with Crippen molar-refractivity contribution in [1.82, 2.24) is 0 Å². The van der Waals surface area contributed by atoms with Gasteiger partial charge in [-0.05, 0) is 37.5 Å². The second kappa shape index (κ2) is 5.38. The number of aromatic carboxylic acids is 1. The summed E-state index contributed by atoms with van der Waals surface area (Å²) in [5, 5.41) is 9.16. The van der Waals surface area contributed by atoms with E-state index in [0.717, 1.165) is 0 Å². The molecule has 0 bridgehead atoms. The van der Waals surface area contributed by atoms with Crippen molar-refractivity contribution in [2.24, 2.45) is 0 Å². The van der Waals surface area contributed by atoms with E-state index in [9.17, 15) is 17.1 Å². The summed E-state index contributed by atoms with van der Waals surface area (Å²) >= 11 is 4.07. The molecule has 1 aromatic carbocycles. The first-order chi connectivity index (χ1) is 8.60. The molecular formula is C11H13FO5S2. The number of thiol groups is 1. The van der Waals surface area contributed by atoms with E-state index in [2.05, 4.69) is 16.8 Å². The number of carboxylic acids is 1. The molecule has 0 spiro atoms. The maximum absolute atomic E-state index is 12.7. The highest BCUT2D eigenvalue weighted by atomic mass is 32.3. The number of hydrogen-bond donors (Lipinski definition) is 2. The Morgan fingerprint density at radius 2 is 1.79 bits per heavy atom. The average molecular weight is 308 g/mol. The van der Waals surface area contributed by atoms with Gasteiger partial charge < -0.3 is 9.29 Å². The van der Waals surface area contributed by atoms with E-state index >= 15 is 0 Å². The van der Waals surface area contributed by atoms with E-state index in [0.29, 0.717) is 16.7 Å². The Labute approximate surface area is 116 Å². The molecule has 1 N–H and O–H groups in total. The number of halogens is 1. The molecule has 106 valence electrons. The van der Waals surface area contributed by atoms with E-state index < -0.39 is 16.5 Å². The van der Waals surface area contributed by atoms with Gasteiger partial charge in [0, 0.05) is 11.3 Å².